The fourth-order valence-electron chi connectivity index (χ4n) is 0.880. The number of rotatable bonds is 3. The van der Waals surface area contributed by atoms with Gasteiger partial charge in [0.2, 0.25) is 0 Å². The molecule has 0 aliphatic carbocycles. The van der Waals surface area contributed by atoms with Crippen LogP contribution in [0.2, 0.25) is 0 Å². The first-order valence-electron chi connectivity index (χ1n) is 3.67. The Hall–Kier alpha value is -0.500. The molecule has 10 heavy (non-hydrogen) atoms. The maximum absolute atomic E-state index is 5.57. The molecule has 2 heteroatoms. The number of nitrogen functional groups attached to an aromatic ring is 1. The normalized spacial score (nSPS) is 10.1. The molecular formula is C8H13NS. The fraction of sp³-hybridized carbons (Fsp3) is 0.500. The second-order valence-electron chi connectivity index (χ2n) is 2.41. The third kappa shape index (κ3) is 2.03. The van der Waals surface area contributed by atoms with E-state index in [1.54, 1.807) is 11.3 Å². The van der Waals surface area contributed by atoms with Crippen LogP contribution in [0.25, 0.3) is 0 Å². The van der Waals surface area contributed by atoms with Gasteiger partial charge in [-0.2, -0.15) is 0 Å². The van der Waals surface area contributed by atoms with E-state index in [1.807, 2.05) is 6.07 Å². The third-order valence-corrected chi connectivity index (χ3v) is 2.43. The highest BCUT2D eigenvalue weighted by molar-refractivity contribution is 7.15. The van der Waals surface area contributed by atoms with E-state index in [0.29, 0.717) is 0 Å². The van der Waals surface area contributed by atoms with E-state index in [9.17, 15) is 0 Å². The van der Waals surface area contributed by atoms with E-state index in [-0.39, 0.29) is 0 Å². The van der Waals surface area contributed by atoms with Crippen LogP contribution in [0.1, 0.15) is 24.6 Å². The summed E-state index contributed by atoms with van der Waals surface area (Å²) in [4.78, 5) is 1.42. The van der Waals surface area contributed by atoms with Crippen molar-refractivity contribution in [3.05, 3.63) is 17.0 Å². The highest BCUT2D eigenvalue weighted by atomic mass is 32.1. The van der Waals surface area contributed by atoms with Crippen LogP contribution in [0, 0.1) is 0 Å². The van der Waals surface area contributed by atoms with E-state index in [1.165, 1.54) is 24.1 Å². The molecule has 1 aromatic rings. The molecule has 0 radical (unpaired) electrons. The Bertz CT molecular complexity index is 193. The monoisotopic (exact) mass is 155 g/mol. The van der Waals surface area contributed by atoms with Gasteiger partial charge in [-0.3, -0.25) is 0 Å². The molecule has 0 fully saturated rings. The van der Waals surface area contributed by atoms with Crippen molar-refractivity contribution in [2.24, 2.45) is 0 Å². The van der Waals surface area contributed by atoms with Gasteiger partial charge in [0.15, 0.2) is 0 Å². The van der Waals surface area contributed by atoms with Crippen molar-refractivity contribution in [2.75, 3.05) is 5.73 Å². The van der Waals surface area contributed by atoms with Crippen molar-refractivity contribution in [1.82, 2.24) is 0 Å². The summed E-state index contributed by atoms with van der Waals surface area (Å²) in [5.41, 5.74) is 5.57. The van der Waals surface area contributed by atoms with Gasteiger partial charge in [-0.15, -0.1) is 11.3 Å². The first-order valence-corrected chi connectivity index (χ1v) is 4.48. The lowest BCUT2D eigenvalue weighted by atomic mass is 10.2. The quantitative estimate of drug-likeness (QED) is 0.713. The lowest BCUT2D eigenvalue weighted by Crippen LogP contribution is -1.77. The summed E-state index contributed by atoms with van der Waals surface area (Å²) < 4.78 is 0. The summed E-state index contributed by atoms with van der Waals surface area (Å²) in [6.07, 6.45) is 3.73. The van der Waals surface area contributed by atoms with Gasteiger partial charge in [-0.1, -0.05) is 13.3 Å². The van der Waals surface area contributed by atoms with Crippen molar-refractivity contribution >= 4 is 16.3 Å². The van der Waals surface area contributed by atoms with Gasteiger partial charge in [0.1, 0.15) is 0 Å². The van der Waals surface area contributed by atoms with Gasteiger partial charge < -0.3 is 5.73 Å². The molecule has 2 N–H and O–H groups in total. The first kappa shape index (κ1) is 7.61. The molecule has 1 rings (SSSR count). The highest BCUT2D eigenvalue weighted by Crippen LogP contribution is 2.19. The van der Waals surface area contributed by atoms with E-state index in [0.717, 1.165) is 5.00 Å². The second-order valence-corrected chi connectivity index (χ2v) is 3.61. The van der Waals surface area contributed by atoms with Crippen LogP contribution >= 0.6 is 11.3 Å². The zero-order valence-corrected chi connectivity index (χ0v) is 7.08. The van der Waals surface area contributed by atoms with Gasteiger partial charge in [0, 0.05) is 4.88 Å². The first-order chi connectivity index (χ1) is 4.83. The SMILES string of the molecule is CCCCc1ccc(N)s1. The predicted octanol–water partition coefficient (Wildman–Crippen LogP) is 2.67. The fourth-order valence-corrected chi connectivity index (χ4v) is 1.70. The summed E-state index contributed by atoms with van der Waals surface area (Å²) in [7, 11) is 0. The number of unbranched alkanes of at least 4 members (excludes halogenated alkanes) is 1. The highest BCUT2D eigenvalue weighted by Gasteiger charge is 1.94. The minimum atomic E-state index is 0.936. The van der Waals surface area contributed by atoms with Crippen LogP contribution in [0.3, 0.4) is 0 Å². The number of aryl methyl sites for hydroxylation is 1. The lowest BCUT2D eigenvalue weighted by Gasteiger charge is -1.90. The summed E-state index contributed by atoms with van der Waals surface area (Å²) in [6, 6.07) is 4.10. The minimum absolute atomic E-state index is 0.936. The number of nitrogens with two attached hydrogens (primary N) is 1. The van der Waals surface area contributed by atoms with E-state index in [2.05, 4.69) is 13.0 Å². The molecule has 0 aromatic carbocycles. The molecule has 1 nitrogen and oxygen atoms in total. The van der Waals surface area contributed by atoms with Crippen LogP contribution < -0.4 is 5.73 Å². The van der Waals surface area contributed by atoms with Crippen molar-refractivity contribution in [2.45, 2.75) is 26.2 Å². The predicted molar refractivity (Wildman–Crippen MR) is 47.3 cm³/mol. The zero-order chi connectivity index (χ0) is 7.40. The maximum atomic E-state index is 5.57. The zero-order valence-electron chi connectivity index (χ0n) is 6.26. The Morgan fingerprint density at radius 1 is 1.50 bits per heavy atom. The Balaban J connectivity index is 2.42. The van der Waals surface area contributed by atoms with Crippen molar-refractivity contribution in [1.29, 1.82) is 0 Å². The molecule has 0 spiro atoms. The average Bonchev–Trinajstić information content (AvgIpc) is 2.31. The third-order valence-electron chi connectivity index (χ3n) is 1.46. The van der Waals surface area contributed by atoms with E-state index in [4.69, 9.17) is 5.73 Å². The Labute approximate surface area is 65.9 Å². The van der Waals surface area contributed by atoms with Crippen molar-refractivity contribution in [3.8, 4) is 0 Å². The molecule has 0 amide bonds. The number of hydrogen-bond acceptors (Lipinski definition) is 2. The van der Waals surface area contributed by atoms with Crippen LogP contribution in [-0.4, -0.2) is 0 Å². The summed E-state index contributed by atoms with van der Waals surface area (Å²) >= 11 is 1.71. The minimum Gasteiger partial charge on any atom is -0.391 e. The number of hydrogen-bond donors (Lipinski definition) is 1. The number of anilines is 1. The van der Waals surface area contributed by atoms with Crippen molar-refractivity contribution < 1.29 is 0 Å². The molecule has 0 atom stereocenters. The molecule has 0 aliphatic rings. The Kier molecular flexibility index (Phi) is 2.75. The average molecular weight is 155 g/mol. The smallest absolute Gasteiger partial charge is 0.0859 e. The molecular weight excluding hydrogens is 142 g/mol. The van der Waals surface area contributed by atoms with Crippen LogP contribution in [0.15, 0.2) is 12.1 Å². The molecule has 1 heterocycles. The van der Waals surface area contributed by atoms with E-state index >= 15 is 0 Å². The molecule has 0 bridgehead atoms. The lowest BCUT2D eigenvalue weighted by molar-refractivity contribution is 0.804. The Morgan fingerprint density at radius 2 is 2.30 bits per heavy atom. The number of thiophene rings is 1. The summed E-state index contributed by atoms with van der Waals surface area (Å²) in [6.45, 7) is 2.21. The van der Waals surface area contributed by atoms with Gasteiger partial charge in [0.05, 0.1) is 5.00 Å². The summed E-state index contributed by atoms with van der Waals surface area (Å²) in [5.74, 6) is 0. The molecule has 0 unspecified atom stereocenters. The standard InChI is InChI=1S/C8H13NS/c1-2-3-4-7-5-6-8(9)10-7/h5-6H,2-4,9H2,1H3. The second kappa shape index (κ2) is 3.62. The van der Waals surface area contributed by atoms with E-state index < -0.39 is 0 Å². The molecule has 0 saturated heterocycles. The largest absolute Gasteiger partial charge is 0.391 e. The molecule has 0 aliphatic heterocycles. The van der Waals surface area contributed by atoms with Crippen LogP contribution in [0.4, 0.5) is 5.00 Å². The molecule has 56 valence electrons. The van der Waals surface area contributed by atoms with Gasteiger partial charge in [-0.05, 0) is 25.0 Å². The van der Waals surface area contributed by atoms with Gasteiger partial charge in [-0.25, -0.2) is 0 Å². The van der Waals surface area contributed by atoms with Crippen LogP contribution in [0.5, 0.6) is 0 Å². The van der Waals surface area contributed by atoms with Crippen LogP contribution in [-0.2, 0) is 6.42 Å². The van der Waals surface area contributed by atoms with Gasteiger partial charge in [0.25, 0.3) is 0 Å². The van der Waals surface area contributed by atoms with Gasteiger partial charge >= 0.3 is 0 Å². The van der Waals surface area contributed by atoms with Crippen molar-refractivity contribution in [3.63, 3.8) is 0 Å². The Morgan fingerprint density at radius 3 is 2.80 bits per heavy atom. The maximum Gasteiger partial charge on any atom is 0.0859 e. The summed E-state index contributed by atoms with van der Waals surface area (Å²) in [5, 5.41) is 0.936. The molecule has 1 aromatic heterocycles. The molecule has 0 saturated carbocycles. The topological polar surface area (TPSA) is 26.0 Å².